The van der Waals surface area contributed by atoms with Gasteiger partial charge in [-0.1, -0.05) is 41.0 Å². The molecule has 0 aliphatic heterocycles. The van der Waals surface area contributed by atoms with Crippen LogP contribution in [-0.4, -0.2) is 50.6 Å². The van der Waals surface area contributed by atoms with Crippen molar-refractivity contribution in [2.24, 2.45) is 0 Å². The van der Waals surface area contributed by atoms with Gasteiger partial charge in [0.15, 0.2) is 0 Å². The first kappa shape index (κ1) is 32.1. The van der Waals surface area contributed by atoms with E-state index in [0.717, 1.165) is 18.7 Å². The molecule has 0 spiro atoms. The maximum Gasteiger partial charge on any atom is 0.150 e. The lowest BCUT2D eigenvalue weighted by Gasteiger charge is -2.27. The van der Waals surface area contributed by atoms with Crippen LogP contribution in [0.1, 0.15) is 85.0 Å². The molecule has 0 aliphatic rings. The van der Waals surface area contributed by atoms with Gasteiger partial charge >= 0.3 is 0 Å². The number of rotatable bonds is 9. The van der Waals surface area contributed by atoms with Gasteiger partial charge in [0.25, 0.3) is 0 Å². The summed E-state index contributed by atoms with van der Waals surface area (Å²) < 4.78 is 10.3. The van der Waals surface area contributed by atoms with E-state index in [1.165, 1.54) is 12.8 Å². The molecule has 2 N–H and O–H groups in total. The van der Waals surface area contributed by atoms with E-state index in [4.69, 9.17) is 15.2 Å². The molecule has 0 aromatic heterocycles. The van der Waals surface area contributed by atoms with E-state index in [-0.39, 0.29) is 0 Å². The topological polar surface area (TPSA) is 64.8 Å². The van der Waals surface area contributed by atoms with E-state index < -0.39 is 0 Å². The Morgan fingerprint density at radius 2 is 1.66 bits per heavy atom. The fourth-order valence-electron chi connectivity index (χ4n) is 1.93. The van der Waals surface area contributed by atoms with Gasteiger partial charge in [0.05, 0.1) is 12.3 Å². The standard InChI is InChI=1S/C11H15NO3.C8H19N.C3H8.C2H6/c1-14-5-2-6-15-11-7-9(8-13)3-4-10(11)12;1-6-8(4)9(5)7(2)3;1-3-2;1-2/h3-4,7-8H,2,5-6,12H2,1H3;7-8H,6H2,1-5H3;3H2,1-2H3;1-2H3/t;8-;;/m.1../s1. The lowest BCUT2D eigenvalue weighted by molar-refractivity contribution is 0.112. The molecule has 0 bridgehead atoms. The first-order valence-corrected chi connectivity index (χ1v) is 11.0. The molecule has 0 unspecified atom stereocenters. The van der Waals surface area contributed by atoms with E-state index in [2.05, 4.69) is 53.5 Å². The first-order chi connectivity index (χ1) is 13.8. The Hall–Kier alpha value is -1.59. The highest BCUT2D eigenvalue weighted by Crippen LogP contribution is 2.22. The van der Waals surface area contributed by atoms with E-state index in [1.807, 2.05) is 13.8 Å². The van der Waals surface area contributed by atoms with Gasteiger partial charge in [0, 0.05) is 37.8 Å². The summed E-state index contributed by atoms with van der Waals surface area (Å²) >= 11 is 0. The number of hydrogen-bond donors (Lipinski definition) is 1. The number of nitrogens with two attached hydrogens (primary N) is 1. The van der Waals surface area contributed by atoms with Crippen LogP contribution in [0.5, 0.6) is 5.75 Å². The van der Waals surface area contributed by atoms with Crippen LogP contribution in [0.25, 0.3) is 0 Å². The highest BCUT2D eigenvalue weighted by Gasteiger charge is 2.08. The van der Waals surface area contributed by atoms with Crippen molar-refractivity contribution in [3.8, 4) is 5.75 Å². The fourth-order valence-corrected chi connectivity index (χ4v) is 1.93. The summed E-state index contributed by atoms with van der Waals surface area (Å²) in [5.41, 5.74) is 6.79. The molecule has 0 aliphatic carbocycles. The van der Waals surface area contributed by atoms with Crippen molar-refractivity contribution in [2.75, 3.05) is 33.1 Å². The number of methoxy groups -OCH3 is 1. The molecule has 0 fully saturated rings. The number of aldehydes is 1. The number of nitrogens with zero attached hydrogens (tertiary/aromatic N) is 1. The van der Waals surface area contributed by atoms with Crippen molar-refractivity contribution >= 4 is 12.0 Å². The van der Waals surface area contributed by atoms with Gasteiger partial charge in [-0.15, -0.1) is 0 Å². The minimum Gasteiger partial charge on any atom is -0.491 e. The minimum absolute atomic E-state index is 0.528. The van der Waals surface area contributed by atoms with Gasteiger partial charge in [-0.05, 0) is 52.4 Å². The number of ether oxygens (including phenoxy) is 2. The second-order valence-corrected chi connectivity index (χ2v) is 6.83. The Balaban J connectivity index is -0.000000412. The molecule has 5 heteroatoms. The van der Waals surface area contributed by atoms with Gasteiger partial charge in [-0.25, -0.2) is 0 Å². The number of carbonyl (C=O) groups excluding carboxylic acids is 1. The van der Waals surface area contributed by atoms with Crippen LogP contribution in [0.3, 0.4) is 0 Å². The van der Waals surface area contributed by atoms with Crippen molar-refractivity contribution in [3.63, 3.8) is 0 Å². The van der Waals surface area contributed by atoms with Gasteiger partial charge in [-0.2, -0.15) is 0 Å². The smallest absolute Gasteiger partial charge is 0.150 e. The number of anilines is 1. The molecule has 1 atom stereocenters. The van der Waals surface area contributed by atoms with Crippen molar-refractivity contribution in [3.05, 3.63) is 23.8 Å². The predicted molar refractivity (Wildman–Crippen MR) is 128 cm³/mol. The second-order valence-electron chi connectivity index (χ2n) is 6.83. The average molecular weight is 413 g/mol. The molecule has 1 aromatic carbocycles. The molecule has 0 saturated carbocycles. The number of nitrogen functional groups attached to an aromatic ring is 1. The quantitative estimate of drug-likeness (QED) is 0.303. The Kier molecular flexibility index (Phi) is 25.1. The minimum atomic E-state index is 0.528. The third-order valence-electron chi connectivity index (χ3n) is 4.02. The molecular weight excluding hydrogens is 364 g/mol. The molecule has 1 aromatic rings. The van der Waals surface area contributed by atoms with Crippen LogP contribution >= 0.6 is 0 Å². The Morgan fingerprint density at radius 1 is 1.10 bits per heavy atom. The van der Waals surface area contributed by atoms with Gasteiger partial charge in [-0.3, -0.25) is 4.79 Å². The van der Waals surface area contributed by atoms with Crippen LogP contribution in [0, 0.1) is 0 Å². The molecule has 0 saturated heterocycles. The van der Waals surface area contributed by atoms with Gasteiger partial charge in [0.2, 0.25) is 0 Å². The first-order valence-electron chi connectivity index (χ1n) is 11.0. The largest absolute Gasteiger partial charge is 0.491 e. The number of hydrogen-bond acceptors (Lipinski definition) is 5. The summed E-state index contributed by atoms with van der Waals surface area (Å²) in [5.74, 6) is 0.552. The summed E-state index contributed by atoms with van der Waals surface area (Å²) in [6.45, 7) is 18.4. The van der Waals surface area contributed by atoms with Crippen molar-refractivity contribution in [1.82, 2.24) is 4.90 Å². The van der Waals surface area contributed by atoms with Crippen LogP contribution in [0.15, 0.2) is 18.2 Å². The molecule has 5 nitrogen and oxygen atoms in total. The van der Waals surface area contributed by atoms with Gasteiger partial charge < -0.3 is 20.1 Å². The normalized spacial score (nSPS) is 10.6. The lowest BCUT2D eigenvalue weighted by atomic mass is 10.2. The lowest BCUT2D eigenvalue weighted by Crippen LogP contribution is -2.34. The molecule has 0 radical (unpaired) electrons. The maximum atomic E-state index is 10.5. The van der Waals surface area contributed by atoms with Gasteiger partial charge in [0.1, 0.15) is 12.0 Å². The molecule has 172 valence electrons. The second kappa shape index (κ2) is 22.7. The van der Waals surface area contributed by atoms with Crippen molar-refractivity contribution in [2.45, 2.75) is 86.7 Å². The highest BCUT2D eigenvalue weighted by atomic mass is 16.5. The zero-order chi connectivity index (χ0) is 23.2. The van der Waals surface area contributed by atoms with Crippen molar-refractivity contribution in [1.29, 1.82) is 0 Å². The van der Waals surface area contributed by atoms with Crippen LogP contribution < -0.4 is 10.5 Å². The Labute approximate surface area is 181 Å². The zero-order valence-corrected chi connectivity index (χ0v) is 20.7. The zero-order valence-electron chi connectivity index (χ0n) is 20.7. The van der Waals surface area contributed by atoms with Crippen LogP contribution in [0.2, 0.25) is 0 Å². The fraction of sp³-hybridized carbons (Fsp3) is 0.708. The summed E-state index contributed by atoms with van der Waals surface area (Å²) in [4.78, 5) is 12.9. The van der Waals surface area contributed by atoms with E-state index in [1.54, 1.807) is 25.3 Å². The van der Waals surface area contributed by atoms with Crippen molar-refractivity contribution < 1.29 is 14.3 Å². The molecule has 1 rings (SSSR count). The average Bonchev–Trinajstić information content (AvgIpc) is 2.73. The third kappa shape index (κ3) is 18.2. The monoisotopic (exact) mass is 412 g/mol. The van der Waals surface area contributed by atoms with E-state index in [9.17, 15) is 4.79 Å². The predicted octanol–water partition coefficient (Wildman–Crippen LogP) is 6.06. The Morgan fingerprint density at radius 3 is 2.03 bits per heavy atom. The summed E-state index contributed by atoms with van der Waals surface area (Å²) in [7, 11) is 3.82. The molecule has 0 amide bonds. The van der Waals surface area contributed by atoms with E-state index in [0.29, 0.717) is 36.3 Å². The number of benzene rings is 1. The highest BCUT2D eigenvalue weighted by molar-refractivity contribution is 5.77. The third-order valence-corrected chi connectivity index (χ3v) is 4.02. The van der Waals surface area contributed by atoms with Crippen LogP contribution in [0.4, 0.5) is 5.69 Å². The van der Waals surface area contributed by atoms with Crippen LogP contribution in [-0.2, 0) is 4.74 Å². The molecule has 0 heterocycles. The summed E-state index contributed by atoms with van der Waals surface area (Å²) in [6.07, 6.45) is 4.05. The Bertz CT molecular complexity index is 479. The summed E-state index contributed by atoms with van der Waals surface area (Å²) in [5, 5.41) is 0. The molecule has 29 heavy (non-hydrogen) atoms. The SMILES string of the molecule is CC.CCC.CC[C@@H](C)N(C)C(C)C.COCCCOc1cc(C=O)ccc1N. The summed E-state index contributed by atoms with van der Waals surface area (Å²) in [6, 6.07) is 6.36. The molecular formula is C24H48N2O3. The maximum absolute atomic E-state index is 10.5. The number of carbonyl (C=O) groups is 1. The van der Waals surface area contributed by atoms with E-state index >= 15 is 0 Å².